The van der Waals surface area contributed by atoms with Gasteiger partial charge in [-0.15, -0.1) is 0 Å². The zero-order valence-electron chi connectivity index (χ0n) is 8.16. The minimum absolute atomic E-state index is 0.161. The van der Waals surface area contributed by atoms with Gasteiger partial charge in [-0.1, -0.05) is 11.6 Å². The molecule has 0 amide bonds. The van der Waals surface area contributed by atoms with Crippen LogP contribution < -0.4 is 5.32 Å². The summed E-state index contributed by atoms with van der Waals surface area (Å²) in [6.45, 7) is 0.723. The first-order valence-electron chi connectivity index (χ1n) is 4.89. The fraction of sp³-hybridized carbons (Fsp3) is 0.364. The van der Waals surface area contributed by atoms with Gasteiger partial charge in [0, 0.05) is 17.3 Å². The number of fused-ring (bicyclic) bond motifs is 1. The highest BCUT2D eigenvalue weighted by molar-refractivity contribution is 6.30. The maximum atomic E-state index is 10.6. The van der Waals surface area contributed by atoms with Gasteiger partial charge in [-0.3, -0.25) is 4.79 Å². The van der Waals surface area contributed by atoms with E-state index in [4.69, 9.17) is 16.7 Å². The van der Waals surface area contributed by atoms with Gasteiger partial charge >= 0.3 is 5.97 Å². The number of benzene rings is 1. The molecule has 0 radical (unpaired) electrons. The van der Waals surface area contributed by atoms with Gasteiger partial charge in [0.1, 0.15) is 0 Å². The summed E-state index contributed by atoms with van der Waals surface area (Å²) in [5, 5.41) is 12.6. The summed E-state index contributed by atoms with van der Waals surface area (Å²) in [5.74, 6) is -0.583. The molecule has 0 aromatic heterocycles. The van der Waals surface area contributed by atoms with Crippen molar-refractivity contribution in [3.8, 4) is 0 Å². The van der Waals surface area contributed by atoms with Crippen LogP contribution in [0, 0.1) is 5.92 Å². The number of aliphatic carboxylic acids is 1. The summed E-state index contributed by atoms with van der Waals surface area (Å²) in [7, 11) is 0. The third-order valence-corrected chi connectivity index (χ3v) is 2.86. The molecule has 0 bridgehead atoms. The molecule has 0 aliphatic carbocycles. The Balaban J connectivity index is 2.14. The first-order valence-corrected chi connectivity index (χ1v) is 5.27. The molecule has 0 spiro atoms. The molecule has 0 fully saturated rings. The average molecular weight is 226 g/mol. The van der Waals surface area contributed by atoms with Crippen LogP contribution in [0.5, 0.6) is 0 Å². The predicted molar refractivity (Wildman–Crippen MR) is 59.4 cm³/mol. The van der Waals surface area contributed by atoms with E-state index in [1.54, 1.807) is 0 Å². The van der Waals surface area contributed by atoms with Gasteiger partial charge in [-0.2, -0.15) is 0 Å². The number of carbonyl (C=O) groups is 1. The molecule has 1 aliphatic rings. The van der Waals surface area contributed by atoms with Crippen LogP contribution in [0.3, 0.4) is 0 Å². The van der Waals surface area contributed by atoms with Crippen LogP contribution in [0.2, 0.25) is 5.02 Å². The van der Waals surface area contributed by atoms with Crippen LogP contribution in [0.25, 0.3) is 0 Å². The van der Waals surface area contributed by atoms with E-state index in [2.05, 4.69) is 5.32 Å². The summed E-state index contributed by atoms with van der Waals surface area (Å²) in [5.41, 5.74) is 2.18. The maximum absolute atomic E-state index is 10.6. The second-order valence-electron chi connectivity index (χ2n) is 3.85. The number of rotatable bonds is 2. The van der Waals surface area contributed by atoms with Gasteiger partial charge in [0.2, 0.25) is 0 Å². The smallest absolute Gasteiger partial charge is 0.303 e. The van der Waals surface area contributed by atoms with Crippen molar-refractivity contribution in [2.75, 3.05) is 11.9 Å². The lowest BCUT2D eigenvalue weighted by atomic mass is 9.92. The van der Waals surface area contributed by atoms with Crippen molar-refractivity contribution in [2.24, 2.45) is 5.92 Å². The van der Waals surface area contributed by atoms with Crippen LogP contribution in [-0.4, -0.2) is 17.6 Å². The lowest BCUT2D eigenvalue weighted by molar-refractivity contribution is -0.138. The monoisotopic (exact) mass is 225 g/mol. The zero-order chi connectivity index (χ0) is 10.8. The Morgan fingerprint density at radius 1 is 1.60 bits per heavy atom. The van der Waals surface area contributed by atoms with Crippen molar-refractivity contribution >= 4 is 23.3 Å². The van der Waals surface area contributed by atoms with Gasteiger partial charge in [-0.25, -0.2) is 0 Å². The van der Waals surface area contributed by atoms with Crippen molar-refractivity contribution in [1.82, 2.24) is 0 Å². The Morgan fingerprint density at radius 2 is 2.40 bits per heavy atom. The van der Waals surface area contributed by atoms with E-state index in [0.29, 0.717) is 5.02 Å². The molecule has 1 aromatic rings. The molecule has 15 heavy (non-hydrogen) atoms. The molecule has 3 nitrogen and oxygen atoms in total. The van der Waals surface area contributed by atoms with Crippen LogP contribution in [0.4, 0.5) is 5.69 Å². The zero-order valence-corrected chi connectivity index (χ0v) is 8.92. The molecule has 1 aliphatic heterocycles. The van der Waals surface area contributed by atoms with Crippen molar-refractivity contribution in [1.29, 1.82) is 0 Å². The van der Waals surface area contributed by atoms with E-state index in [0.717, 1.165) is 24.2 Å². The summed E-state index contributed by atoms with van der Waals surface area (Å²) in [6, 6.07) is 5.68. The highest BCUT2D eigenvalue weighted by Crippen LogP contribution is 2.28. The molecule has 2 N–H and O–H groups in total. The lowest BCUT2D eigenvalue weighted by Crippen LogP contribution is -2.25. The number of carboxylic acid groups (broad SMARTS) is 1. The van der Waals surface area contributed by atoms with E-state index in [1.807, 2.05) is 18.2 Å². The minimum Gasteiger partial charge on any atom is -0.481 e. The summed E-state index contributed by atoms with van der Waals surface area (Å²) < 4.78 is 0. The minimum atomic E-state index is -0.743. The fourth-order valence-electron chi connectivity index (χ4n) is 1.93. The molecular weight excluding hydrogens is 214 g/mol. The van der Waals surface area contributed by atoms with Crippen molar-refractivity contribution < 1.29 is 9.90 Å². The molecule has 80 valence electrons. The molecule has 0 saturated carbocycles. The van der Waals surface area contributed by atoms with Gasteiger partial charge in [-0.05, 0) is 36.1 Å². The number of hydrogen-bond acceptors (Lipinski definition) is 2. The predicted octanol–water partition coefficient (Wildman–Crippen LogP) is 2.40. The van der Waals surface area contributed by atoms with Crippen molar-refractivity contribution in [3.05, 3.63) is 28.8 Å². The SMILES string of the molecule is O=C(O)CC1CNc2ccc(Cl)cc2C1. The maximum Gasteiger partial charge on any atom is 0.303 e. The summed E-state index contributed by atoms with van der Waals surface area (Å²) >= 11 is 5.89. The second-order valence-corrected chi connectivity index (χ2v) is 4.29. The number of halogens is 1. The molecule has 2 rings (SSSR count). The molecule has 1 aromatic carbocycles. The van der Waals surface area contributed by atoms with Gasteiger partial charge in [0.25, 0.3) is 0 Å². The van der Waals surface area contributed by atoms with E-state index in [9.17, 15) is 4.79 Å². The standard InChI is InChI=1S/C11H12ClNO2/c12-9-1-2-10-8(5-9)3-7(6-13-10)4-11(14)15/h1-2,5,7,13H,3-4,6H2,(H,14,15). The highest BCUT2D eigenvalue weighted by Gasteiger charge is 2.20. The van der Waals surface area contributed by atoms with Crippen LogP contribution >= 0.6 is 11.6 Å². The highest BCUT2D eigenvalue weighted by atomic mass is 35.5. The third kappa shape index (κ3) is 2.42. The van der Waals surface area contributed by atoms with E-state index in [1.165, 1.54) is 0 Å². The molecule has 1 atom stereocenters. The topological polar surface area (TPSA) is 49.3 Å². The fourth-order valence-corrected chi connectivity index (χ4v) is 2.13. The summed E-state index contributed by atoms with van der Waals surface area (Å²) in [4.78, 5) is 10.6. The van der Waals surface area contributed by atoms with Crippen LogP contribution in [-0.2, 0) is 11.2 Å². The van der Waals surface area contributed by atoms with Gasteiger partial charge < -0.3 is 10.4 Å². The van der Waals surface area contributed by atoms with Crippen LogP contribution in [0.1, 0.15) is 12.0 Å². The molecule has 1 unspecified atom stereocenters. The summed E-state index contributed by atoms with van der Waals surface area (Å²) in [6.07, 6.45) is 0.994. The average Bonchev–Trinajstić information content (AvgIpc) is 2.16. The Hall–Kier alpha value is -1.22. The Bertz CT molecular complexity index is 392. The molecule has 4 heteroatoms. The quantitative estimate of drug-likeness (QED) is 0.813. The number of nitrogens with one attached hydrogen (secondary N) is 1. The van der Waals surface area contributed by atoms with Crippen molar-refractivity contribution in [2.45, 2.75) is 12.8 Å². The molecule has 1 heterocycles. The van der Waals surface area contributed by atoms with E-state index < -0.39 is 5.97 Å². The number of anilines is 1. The Labute approximate surface area is 93.1 Å². The normalized spacial score (nSPS) is 19.1. The number of carboxylic acids is 1. The second kappa shape index (κ2) is 4.11. The Morgan fingerprint density at radius 3 is 3.13 bits per heavy atom. The number of hydrogen-bond donors (Lipinski definition) is 2. The molecule has 0 saturated heterocycles. The first kappa shape index (κ1) is 10.3. The molecular formula is C11H12ClNO2. The Kier molecular flexibility index (Phi) is 2.82. The van der Waals surface area contributed by atoms with Crippen LogP contribution in [0.15, 0.2) is 18.2 Å². The lowest BCUT2D eigenvalue weighted by Gasteiger charge is -2.25. The van der Waals surface area contributed by atoms with Gasteiger partial charge in [0.05, 0.1) is 6.42 Å². The van der Waals surface area contributed by atoms with Crippen molar-refractivity contribution in [3.63, 3.8) is 0 Å². The first-order chi connectivity index (χ1) is 7.15. The third-order valence-electron chi connectivity index (χ3n) is 2.62. The van der Waals surface area contributed by atoms with E-state index >= 15 is 0 Å². The van der Waals surface area contributed by atoms with Gasteiger partial charge in [0.15, 0.2) is 0 Å². The van der Waals surface area contributed by atoms with E-state index in [-0.39, 0.29) is 12.3 Å². The largest absolute Gasteiger partial charge is 0.481 e.